The van der Waals surface area contributed by atoms with Crippen LogP contribution in [0.4, 0.5) is 0 Å². The fourth-order valence-electron chi connectivity index (χ4n) is 3.25. The van der Waals surface area contributed by atoms with E-state index in [9.17, 15) is 9.59 Å². The van der Waals surface area contributed by atoms with Gasteiger partial charge in [0.25, 0.3) is 0 Å². The molecule has 160 valence electrons. The maximum atomic E-state index is 13.6. The van der Waals surface area contributed by atoms with E-state index in [1.807, 2.05) is 30.3 Å². The van der Waals surface area contributed by atoms with Gasteiger partial charge in [0.1, 0.15) is 12.4 Å². The lowest BCUT2D eigenvalue weighted by atomic mass is 9.95. The van der Waals surface area contributed by atoms with E-state index in [2.05, 4.69) is 0 Å². The topological polar surface area (TPSA) is 91.3 Å². The number of hydrogen-bond donors (Lipinski definition) is 1. The number of carbonyl (C=O) groups is 2. The average molecular weight is 422 g/mol. The van der Waals surface area contributed by atoms with Crippen LogP contribution in [0, 0.1) is 0 Å². The number of fused-ring (bicyclic) bond motifs is 1. The van der Waals surface area contributed by atoms with Crippen LogP contribution in [0.3, 0.4) is 0 Å². The molecular weight excluding hydrogens is 400 g/mol. The summed E-state index contributed by atoms with van der Waals surface area (Å²) in [5, 5.41) is 10.3. The Kier molecular flexibility index (Phi) is 6.77. The van der Waals surface area contributed by atoms with Crippen LogP contribution in [0.25, 0.3) is 10.8 Å². The molecule has 3 aromatic carbocycles. The van der Waals surface area contributed by atoms with Crippen molar-refractivity contribution in [2.75, 3.05) is 27.9 Å². The Morgan fingerprint density at radius 2 is 1.58 bits per heavy atom. The van der Waals surface area contributed by atoms with Crippen molar-refractivity contribution in [3.8, 4) is 23.0 Å². The molecule has 0 heterocycles. The summed E-state index contributed by atoms with van der Waals surface area (Å²) in [4.78, 5) is 24.3. The first-order valence-electron chi connectivity index (χ1n) is 9.38. The fourth-order valence-corrected chi connectivity index (χ4v) is 3.25. The summed E-state index contributed by atoms with van der Waals surface area (Å²) < 4.78 is 21.8. The Morgan fingerprint density at radius 1 is 0.903 bits per heavy atom. The average Bonchev–Trinajstić information content (AvgIpc) is 2.79. The van der Waals surface area contributed by atoms with Gasteiger partial charge in [0.05, 0.1) is 26.9 Å². The molecule has 0 aromatic heterocycles. The van der Waals surface area contributed by atoms with Crippen LogP contribution < -0.4 is 18.9 Å². The van der Waals surface area contributed by atoms with E-state index < -0.39 is 5.97 Å². The molecule has 0 radical (unpaired) electrons. The van der Waals surface area contributed by atoms with Gasteiger partial charge in [-0.1, -0.05) is 30.3 Å². The molecule has 0 bridgehead atoms. The third kappa shape index (κ3) is 4.61. The van der Waals surface area contributed by atoms with E-state index in [1.165, 1.54) is 27.4 Å². The van der Waals surface area contributed by atoms with Crippen molar-refractivity contribution in [2.45, 2.75) is 0 Å². The number of ether oxygens (including phenoxy) is 4. The third-order valence-electron chi connectivity index (χ3n) is 4.64. The Labute approximate surface area is 179 Å². The first-order valence-corrected chi connectivity index (χ1v) is 9.38. The van der Waals surface area contributed by atoms with Crippen molar-refractivity contribution in [1.29, 1.82) is 0 Å². The summed E-state index contributed by atoms with van der Waals surface area (Å²) in [7, 11) is 4.45. The normalized spacial score (nSPS) is 10.8. The molecule has 0 spiro atoms. The molecule has 3 aromatic rings. The van der Waals surface area contributed by atoms with E-state index in [0.717, 1.165) is 11.5 Å². The third-order valence-corrected chi connectivity index (χ3v) is 4.64. The summed E-state index contributed by atoms with van der Waals surface area (Å²) in [5.41, 5.74) is 0.688. The number of rotatable bonds is 9. The summed E-state index contributed by atoms with van der Waals surface area (Å²) in [6.45, 7) is 0.000174. The summed E-state index contributed by atoms with van der Waals surface area (Å²) in [5.74, 6) is 0.0703. The predicted molar refractivity (Wildman–Crippen MR) is 116 cm³/mol. The van der Waals surface area contributed by atoms with Crippen molar-refractivity contribution in [2.24, 2.45) is 0 Å². The number of hydrogen-bond acceptors (Lipinski definition) is 6. The number of aliphatic carboxylic acids is 1. The van der Waals surface area contributed by atoms with Crippen LogP contribution in [0.2, 0.25) is 0 Å². The van der Waals surface area contributed by atoms with Gasteiger partial charge in [-0.25, -0.2) is 4.79 Å². The van der Waals surface area contributed by atoms with Crippen LogP contribution in [0.15, 0.2) is 60.7 Å². The lowest BCUT2D eigenvalue weighted by Gasteiger charge is -2.16. The van der Waals surface area contributed by atoms with Gasteiger partial charge in [0.15, 0.2) is 17.3 Å². The number of benzene rings is 3. The van der Waals surface area contributed by atoms with Gasteiger partial charge in [0.2, 0.25) is 5.75 Å². The zero-order chi connectivity index (χ0) is 22.4. The minimum atomic E-state index is -1.07. The van der Waals surface area contributed by atoms with Gasteiger partial charge < -0.3 is 24.1 Å². The highest BCUT2D eigenvalue weighted by Gasteiger charge is 2.22. The molecule has 1 N–H and O–H groups in total. The zero-order valence-electron chi connectivity index (χ0n) is 17.4. The maximum Gasteiger partial charge on any atom is 0.328 e. The highest BCUT2D eigenvalue weighted by Crippen LogP contribution is 2.40. The number of carbonyl (C=O) groups excluding carboxylic acids is 1. The van der Waals surface area contributed by atoms with Gasteiger partial charge in [-0.05, 0) is 35.0 Å². The second-order valence-corrected chi connectivity index (χ2v) is 6.45. The predicted octanol–water partition coefficient (Wildman–Crippen LogP) is 4.12. The minimum Gasteiger partial charge on any atom is -0.493 e. The second kappa shape index (κ2) is 9.67. The number of ketones is 1. The lowest BCUT2D eigenvalue weighted by molar-refractivity contribution is -0.131. The highest BCUT2D eigenvalue weighted by molar-refractivity contribution is 6.18. The van der Waals surface area contributed by atoms with Crippen LogP contribution in [0.1, 0.15) is 15.9 Å². The molecule has 0 atom stereocenters. The molecule has 7 heteroatoms. The Morgan fingerprint density at radius 3 is 2.19 bits per heavy atom. The van der Waals surface area contributed by atoms with Crippen molar-refractivity contribution in [3.63, 3.8) is 0 Å². The van der Waals surface area contributed by atoms with Gasteiger partial charge >= 0.3 is 5.97 Å². The summed E-state index contributed by atoms with van der Waals surface area (Å²) in [6, 6.07) is 14.2. The van der Waals surface area contributed by atoms with Crippen LogP contribution in [0.5, 0.6) is 23.0 Å². The first-order chi connectivity index (χ1) is 15.0. The smallest absolute Gasteiger partial charge is 0.328 e. The van der Waals surface area contributed by atoms with Crippen molar-refractivity contribution >= 4 is 22.5 Å². The molecule has 0 aliphatic heterocycles. The summed E-state index contributed by atoms with van der Waals surface area (Å²) >= 11 is 0. The molecule has 31 heavy (non-hydrogen) atoms. The van der Waals surface area contributed by atoms with Crippen molar-refractivity contribution in [3.05, 3.63) is 71.8 Å². The fraction of sp³-hybridized carbons (Fsp3) is 0.167. The van der Waals surface area contributed by atoms with E-state index in [0.29, 0.717) is 39.5 Å². The SMILES string of the molecule is COc1cc(C(=O)c2c(OC/C=C/C(=O)O)ccc3ccccc23)cc(OC)c1OC. The highest BCUT2D eigenvalue weighted by atomic mass is 16.5. The van der Waals surface area contributed by atoms with Crippen LogP contribution in [-0.2, 0) is 4.79 Å². The van der Waals surface area contributed by atoms with Gasteiger partial charge in [-0.3, -0.25) is 4.79 Å². The largest absolute Gasteiger partial charge is 0.493 e. The first kappa shape index (κ1) is 21.7. The van der Waals surface area contributed by atoms with E-state index in [-0.39, 0.29) is 12.4 Å². The zero-order valence-corrected chi connectivity index (χ0v) is 17.4. The number of carboxylic acid groups (broad SMARTS) is 1. The monoisotopic (exact) mass is 422 g/mol. The molecule has 0 fully saturated rings. The molecular formula is C24H22O7. The molecule has 7 nitrogen and oxygen atoms in total. The molecule has 0 amide bonds. The molecule has 0 aliphatic rings. The molecule has 3 rings (SSSR count). The van der Waals surface area contributed by atoms with Crippen molar-refractivity contribution < 1.29 is 33.6 Å². The van der Waals surface area contributed by atoms with Crippen LogP contribution in [-0.4, -0.2) is 44.8 Å². The van der Waals surface area contributed by atoms with E-state index in [4.69, 9.17) is 24.1 Å². The number of carboxylic acids is 1. The van der Waals surface area contributed by atoms with Crippen LogP contribution >= 0.6 is 0 Å². The quantitative estimate of drug-likeness (QED) is 0.410. The van der Waals surface area contributed by atoms with Gasteiger partial charge in [-0.15, -0.1) is 0 Å². The lowest BCUT2D eigenvalue weighted by Crippen LogP contribution is -2.08. The second-order valence-electron chi connectivity index (χ2n) is 6.45. The standard InChI is InChI=1S/C24H22O7/c1-28-19-13-16(14-20(29-2)24(19)30-3)23(27)22-17-8-5-4-7-15(17)10-11-18(22)31-12-6-9-21(25)26/h4-11,13-14H,12H2,1-3H3,(H,25,26)/b9-6+. The van der Waals surface area contributed by atoms with Gasteiger partial charge in [0, 0.05) is 11.6 Å². The van der Waals surface area contributed by atoms with E-state index in [1.54, 1.807) is 18.2 Å². The minimum absolute atomic E-state index is 0.000174. The Balaban J connectivity index is 2.13. The molecule has 0 saturated heterocycles. The molecule has 0 unspecified atom stereocenters. The molecule has 0 aliphatic carbocycles. The Bertz CT molecular complexity index is 1120. The Hall–Kier alpha value is -4.00. The van der Waals surface area contributed by atoms with Crippen molar-refractivity contribution in [1.82, 2.24) is 0 Å². The maximum absolute atomic E-state index is 13.6. The summed E-state index contributed by atoms with van der Waals surface area (Å²) in [6.07, 6.45) is 2.35. The molecule has 0 saturated carbocycles. The van der Waals surface area contributed by atoms with Gasteiger partial charge in [-0.2, -0.15) is 0 Å². The van der Waals surface area contributed by atoms with E-state index >= 15 is 0 Å². The number of methoxy groups -OCH3 is 3.